The Balaban J connectivity index is 1.80. The van der Waals surface area contributed by atoms with Crippen LogP contribution in [0.25, 0.3) is 0 Å². The third kappa shape index (κ3) is 7.23. The fraction of sp³-hybridized carbons (Fsp3) is 0.286. The lowest BCUT2D eigenvalue weighted by Gasteiger charge is -2.20. The smallest absolute Gasteiger partial charge is 0.338 e. The third-order valence-electron chi connectivity index (χ3n) is 4.12. The summed E-state index contributed by atoms with van der Waals surface area (Å²) < 4.78 is 18.0. The van der Waals surface area contributed by atoms with Crippen molar-refractivity contribution in [1.82, 2.24) is 10.2 Å². The number of benzene rings is 2. The van der Waals surface area contributed by atoms with Crippen LogP contribution < -0.4 is 5.32 Å². The molecule has 29 heavy (non-hydrogen) atoms. The van der Waals surface area contributed by atoms with E-state index in [-0.39, 0.29) is 24.8 Å². The standard InChI is InChI=1S/C21H23FN2O4S/c1-3-24(13-19(25)23-12-15-4-8-17(22)9-5-15)20(26)14-28-21(27)16-6-10-18(29-2)11-7-16/h4-11H,3,12-14H2,1-2H3,(H,23,25). The normalized spacial score (nSPS) is 10.3. The van der Waals surface area contributed by atoms with Crippen LogP contribution in [0.15, 0.2) is 53.4 Å². The number of rotatable bonds is 9. The first-order valence-electron chi connectivity index (χ1n) is 9.03. The zero-order valence-corrected chi connectivity index (χ0v) is 17.1. The van der Waals surface area contributed by atoms with Crippen molar-refractivity contribution in [2.24, 2.45) is 0 Å². The van der Waals surface area contributed by atoms with Crippen molar-refractivity contribution in [3.8, 4) is 0 Å². The molecular formula is C21H23FN2O4S. The van der Waals surface area contributed by atoms with Gasteiger partial charge in [-0.3, -0.25) is 9.59 Å². The number of carbonyl (C=O) groups excluding carboxylic acids is 3. The third-order valence-corrected chi connectivity index (χ3v) is 4.87. The van der Waals surface area contributed by atoms with Gasteiger partial charge in [-0.25, -0.2) is 9.18 Å². The minimum Gasteiger partial charge on any atom is -0.452 e. The van der Waals surface area contributed by atoms with Crippen LogP contribution >= 0.6 is 11.8 Å². The van der Waals surface area contributed by atoms with Gasteiger partial charge in [0.2, 0.25) is 5.91 Å². The monoisotopic (exact) mass is 418 g/mol. The molecule has 0 spiro atoms. The van der Waals surface area contributed by atoms with Gasteiger partial charge in [0, 0.05) is 18.0 Å². The Labute approximate surface area is 173 Å². The second-order valence-corrected chi connectivity index (χ2v) is 7.00. The van der Waals surface area contributed by atoms with E-state index >= 15 is 0 Å². The topological polar surface area (TPSA) is 75.7 Å². The van der Waals surface area contributed by atoms with Crippen LogP contribution in [0.3, 0.4) is 0 Å². The number of thioether (sulfide) groups is 1. The molecule has 0 saturated heterocycles. The first kappa shape index (κ1) is 22.4. The molecule has 0 saturated carbocycles. The largest absolute Gasteiger partial charge is 0.452 e. The lowest BCUT2D eigenvalue weighted by molar-refractivity contribution is -0.138. The number of hydrogen-bond acceptors (Lipinski definition) is 5. The summed E-state index contributed by atoms with van der Waals surface area (Å²) in [5, 5.41) is 2.67. The Morgan fingerprint density at radius 1 is 1.07 bits per heavy atom. The summed E-state index contributed by atoms with van der Waals surface area (Å²) in [6.07, 6.45) is 1.93. The van der Waals surface area contributed by atoms with Gasteiger partial charge in [0.05, 0.1) is 12.1 Å². The summed E-state index contributed by atoms with van der Waals surface area (Å²) in [5.74, 6) is -1.76. The molecule has 0 unspecified atom stereocenters. The molecule has 0 radical (unpaired) electrons. The lowest BCUT2D eigenvalue weighted by atomic mass is 10.2. The van der Waals surface area contributed by atoms with Gasteiger partial charge in [-0.05, 0) is 55.1 Å². The van der Waals surface area contributed by atoms with E-state index in [0.717, 1.165) is 10.5 Å². The van der Waals surface area contributed by atoms with E-state index in [1.165, 1.54) is 17.0 Å². The van der Waals surface area contributed by atoms with Crippen LogP contribution in [0.1, 0.15) is 22.8 Å². The summed E-state index contributed by atoms with van der Waals surface area (Å²) in [5.41, 5.74) is 1.10. The Bertz CT molecular complexity index is 841. The minimum atomic E-state index is -0.595. The van der Waals surface area contributed by atoms with E-state index in [1.807, 2.05) is 6.26 Å². The molecule has 0 aliphatic rings. The number of amides is 2. The van der Waals surface area contributed by atoms with Crippen molar-refractivity contribution in [2.45, 2.75) is 18.4 Å². The van der Waals surface area contributed by atoms with Crippen molar-refractivity contribution >= 4 is 29.5 Å². The van der Waals surface area contributed by atoms with E-state index in [1.54, 1.807) is 55.1 Å². The summed E-state index contributed by atoms with van der Waals surface area (Å²) in [4.78, 5) is 38.7. The van der Waals surface area contributed by atoms with Crippen molar-refractivity contribution < 1.29 is 23.5 Å². The highest BCUT2D eigenvalue weighted by molar-refractivity contribution is 7.98. The van der Waals surface area contributed by atoms with E-state index in [2.05, 4.69) is 5.32 Å². The molecule has 2 rings (SSSR count). The number of nitrogens with one attached hydrogen (secondary N) is 1. The molecule has 2 aromatic carbocycles. The summed E-state index contributed by atoms with van der Waals surface area (Å²) in [6, 6.07) is 12.6. The van der Waals surface area contributed by atoms with Crippen LogP contribution in [0.4, 0.5) is 4.39 Å². The van der Waals surface area contributed by atoms with Crippen LogP contribution in [0, 0.1) is 5.82 Å². The Morgan fingerprint density at radius 2 is 1.72 bits per heavy atom. The average Bonchev–Trinajstić information content (AvgIpc) is 2.75. The highest BCUT2D eigenvalue weighted by atomic mass is 32.2. The van der Waals surface area contributed by atoms with Crippen molar-refractivity contribution in [3.63, 3.8) is 0 Å². The van der Waals surface area contributed by atoms with Crippen LogP contribution in [0.5, 0.6) is 0 Å². The highest BCUT2D eigenvalue weighted by Crippen LogP contribution is 2.15. The van der Waals surface area contributed by atoms with Crippen LogP contribution in [0.2, 0.25) is 0 Å². The van der Waals surface area contributed by atoms with Gasteiger partial charge in [-0.2, -0.15) is 0 Å². The summed E-state index contributed by atoms with van der Waals surface area (Å²) >= 11 is 1.56. The van der Waals surface area contributed by atoms with E-state index in [4.69, 9.17) is 4.74 Å². The molecule has 154 valence electrons. The second-order valence-electron chi connectivity index (χ2n) is 6.12. The molecule has 0 fully saturated rings. The van der Waals surface area contributed by atoms with Gasteiger partial charge in [0.25, 0.3) is 5.91 Å². The molecule has 0 heterocycles. The molecule has 0 bridgehead atoms. The summed E-state index contributed by atoms with van der Waals surface area (Å²) in [6.45, 7) is 1.65. The Hall–Kier alpha value is -2.87. The quantitative estimate of drug-likeness (QED) is 0.501. The van der Waals surface area contributed by atoms with E-state index < -0.39 is 18.5 Å². The average molecular weight is 418 g/mol. The molecule has 2 amide bonds. The predicted octanol–water partition coefficient (Wildman–Crippen LogP) is 2.87. The molecular weight excluding hydrogens is 395 g/mol. The zero-order chi connectivity index (χ0) is 21.2. The first-order chi connectivity index (χ1) is 13.9. The van der Waals surface area contributed by atoms with Gasteiger partial charge in [0.1, 0.15) is 5.82 Å². The SMILES string of the molecule is CCN(CC(=O)NCc1ccc(F)cc1)C(=O)COC(=O)c1ccc(SC)cc1. The van der Waals surface area contributed by atoms with Gasteiger partial charge >= 0.3 is 5.97 Å². The predicted molar refractivity (Wildman–Crippen MR) is 109 cm³/mol. The van der Waals surface area contributed by atoms with Gasteiger partial charge in [0.15, 0.2) is 6.61 Å². The number of ether oxygens (including phenoxy) is 1. The molecule has 0 aliphatic heterocycles. The number of likely N-dealkylation sites (N-methyl/N-ethyl adjacent to an activating group) is 1. The maximum absolute atomic E-state index is 12.9. The van der Waals surface area contributed by atoms with Gasteiger partial charge in [-0.15, -0.1) is 11.8 Å². The lowest BCUT2D eigenvalue weighted by Crippen LogP contribution is -2.42. The van der Waals surface area contributed by atoms with Crippen LogP contribution in [-0.4, -0.2) is 48.6 Å². The molecule has 6 nitrogen and oxygen atoms in total. The van der Waals surface area contributed by atoms with Crippen molar-refractivity contribution in [1.29, 1.82) is 0 Å². The Kier molecular flexibility index (Phi) is 8.67. The number of hydrogen-bond donors (Lipinski definition) is 1. The maximum Gasteiger partial charge on any atom is 0.338 e. The number of nitrogens with zero attached hydrogens (tertiary/aromatic N) is 1. The molecule has 0 aliphatic carbocycles. The highest BCUT2D eigenvalue weighted by Gasteiger charge is 2.18. The zero-order valence-electron chi connectivity index (χ0n) is 16.3. The molecule has 0 aromatic heterocycles. The molecule has 0 atom stereocenters. The fourth-order valence-corrected chi connectivity index (χ4v) is 2.85. The van der Waals surface area contributed by atoms with Crippen molar-refractivity contribution in [3.05, 3.63) is 65.5 Å². The maximum atomic E-state index is 12.9. The number of esters is 1. The molecule has 1 N–H and O–H groups in total. The number of halogens is 1. The fourth-order valence-electron chi connectivity index (χ4n) is 2.44. The number of carbonyl (C=O) groups is 3. The molecule has 2 aromatic rings. The van der Waals surface area contributed by atoms with Crippen molar-refractivity contribution in [2.75, 3.05) is 26.0 Å². The van der Waals surface area contributed by atoms with Gasteiger partial charge in [-0.1, -0.05) is 12.1 Å². The first-order valence-corrected chi connectivity index (χ1v) is 10.3. The second kappa shape index (κ2) is 11.2. The van der Waals surface area contributed by atoms with Crippen LogP contribution in [-0.2, 0) is 20.9 Å². The Morgan fingerprint density at radius 3 is 2.31 bits per heavy atom. The summed E-state index contributed by atoms with van der Waals surface area (Å²) in [7, 11) is 0. The minimum absolute atomic E-state index is 0.156. The van der Waals surface area contributed by atoms with E-state index in [0.29, 0.717) is 12.1 Å². The van der Waals surface area contributed by atoms with Gasteiger partial charge < -0.3 is 15.0 Å². The molecule has 8 heteroatoms. The van der Waals surface area contributed by atoms with E-state index in [9.17, 15) is 18.8 Å².